The zero-order valence-electron chi connectivity index (χ0n) is 13.4. The molecule has 2 rings (SSSR count). The third kappa shape index (κ3) is 3.48. The highest BCUT2D eigenvalue weighted by Gasteiger charge is 2.13. The van der Waals surface area contributed by atoms with Gasteiger partial charge in [-0.05, 0) is 56.2 Å². The van der Waals surface area contributed by atoms with E-state index < -0.39 is 0 Å². The highest BCUT2D eigenvalue weighted by molar-refractivity contribution is 5.55. The van der Waals surface area contributed by atoms with Crippen LogP contribution in [0.15, 0.2) is 36.4 Å². The van der Waals surface area contributed by atoms with Crippen molar-refractivity contribution in [3.8, 4) is 11.5 Å². The Kier molecular flexibility index (Phi) is 4.73. The summed E-state index contributed by atoms with van der Waals surface area (Å²) < 4.78 is 10.8. The number of anilines is 1. The number of hydrogen-bond donors (Lipinski definition) is 1. The second-order valence-electron chi connectivity index (χ2n) is 5.29. The zero-order valence-corrected chi connectivity index (χ0v) is 13.4. The molecule has 0 radical (unpaired) electrons. The summed E-state index contributed by atoms with van der Waals surface area (Å²) in [5, 5.41) is 3.56. The van der Waals surface area contributed by atoms with Gasteiger partial charge >= 0.3 is 0 Å². The van der Waals surface area contributed by atoms with E-state index in [1.54, 1.807) is 14.2 Å². The summed E-state index contributed by atoms with van der Waals surface area (Å²) in [5.74, 6) is 1.70. The number of benzene rings is 2. The normalized spacial score (nSPS) is 11.9. The first-order valence-electron chi connectivity index (χ1n) is 7.11. The maximum absolute atomic E-state index is 5.46. The van der Waals surface area contributed by atoms with Crippen LogP contribution in [0.4, 0.5) is 5.69 Å². The van der Waals surface area contributed by atoms with Gasteiger partial charge in [0.2, 0.25) is 0 Å². The molecule has 0 aliphatic carbocycles. The molecule has 0 spiro atoms. The molecule has 2 aromatic rings. The minimum absolute atomic E-state index is 0.121. The molecule has 112 valence electrons. The Hall–Kier alpha value is -2.16. The quantitative estimate of drug-likeness (QED) is 0.877. The summed E-state index contributed by atoms with van der Waals surface area (Å²) in [4.78, 5) is 0. The number of hydrogen-bond acceptors (Lipinski definition) is 3. The van der Waals surface area contributed by atoms with Gasteiger partial charge in [-0.25, -0.2) is 0 Å². The summed E-state index contributed by atoms with van der Waals surface area (Å²) in [7, 11) is 3.37. The topological polar surface area (TPSA) is 30.5 Å². The predicted octanol–water partition coefficient (Wildman–Crippen LogP) is 4.49. The molecule has 3 nitrogen and oxygen atoms in total. The fourth-order valence-electron chi connectivity index (χ4n) is 2.38. The van der Waals surface area contributed by atoms with E-state index in [2.05, 4.69) is 44.3 Å². The third-order valence-electron chi connectivity index (χ3n) is 3.67. The van der Waals surface area contributed by atoms with E-state index >= 15 is 0 Å². The Morgan fingerprint density at radius 1 is 0.952 bits per heavy atom. The van der Waals surface area contributed by atoms with Crippen molar-refractivity contribution in [3.05, 3.63) is 53.1 Å². The lowest BCUT2D eigenvalue weighted by atomic mass is 10.0. The van der Waals surface area contributed by atoms with E-state index in [1.807, 2.05) is 18.2 Å². The largest absolute Gasteiger partial charge is 0.497 e. The fraction of sp³-hybridized carbons (Fsp3) is 0.333. The highest BCUT2D eigenvalue weighted by Crippen LogP contribution is 2.32. The van der Waals surface area contributed by atoms with Crippen molar-refractivity contribution in [3.63, 3.8) is 0 Å². The van der Waals surface area contributed by atoms with Crippen LogP contribution in [0.2, 0.25) is 0 Å². The van der Waals surface area contributed by atoms with Crippen LogP contribution in [0.5, 0.6) is 11.5 Å². The van der Waals surface area contributed by atoms with Crippen molar-refractivity contribution in [2.24, 2.45) is 0 Å². The molecule has 1 atom stereocenters. The second-order valence-corrected chi connectivity index (χ2v) is 5.29. The maximum atomic E-state index is 5.46. The Bertz CT molecular complexity index is 623. The van der Waals surface area contributed by atoms with Crippen LogP contribution in [0.25, 0.3) is 0 Å². The Balaban J connectivity index is 2.31. The van der Waals surface area contributed by atoms with Crippen LogP contribution in [-0.4, -0.2) is 14.2 Å². The molecule has 3 heteroatoms. The molecule has 0 saturated heterocycles. The van der Waals surface area contributed by atoms with Gasteiger partial charge in [-0.2, -0.15) is 0 Å². The fourth-order valence-corrected chi connectivity index (χ4v) is 2.38. The molecule has 0 saturated carbocycles. The molecule has 21 heavy (non-hydrogen) atoms. The van der Waals surface area contributed by atoms with Gasteiger partial charge in [0.05, 0.1) is 20.3 Å². The first kappa shape index (κ1) is 15.2. The summed E-state index contributed by atoms with van der Waals surface area (Å²) >= 11 is 0. The van der Waals surface area contributed by atoms with Crippen molar-refractivity contribution in [1.82, 2.24) is 0 Å². The number of methoxy groups -OCH3 is 2. The van der Waals surface area contributed by atoms with Crippen molar-refractivity contribution in [2.75, 3.05) is 19.5 Å². The van der Waals surface area contributed by atoms with Crippen LogP contribution in [0.1, 0.15) is 29.7 Å². The van der Waals surface area contributed by atoms with Gasteiger partial charge in [0.15, 0.2) is 0 Å². The second kappa shape index (κ2) is 6.53. The van der Waals surface area contributed by atoms with Crippen LogP contribution in [0.3, 0.4) is 0 Å². The van der Waals surface area contributed by atoms with E-state index in [9.17, 15) is 0 Å². The SMILES string of the molecule is COc1ccc(OC)c(C(C)Nc2cc(C)ccc2C)c1. The van der Waals surface area contributed by atoms with E-state index in [4.69, 9.17) is 9.47 Å². The van der Waals surface area contributed by atoms with Crippen LogP contribution >= 0.6 is 0 Å². The van der Waals surface area contributed by atoms with Crippen LogP contribution < -0.4 is 14.8 Å². The van der Waals surface area contributed by atoms with E-state index in [0.717, 1.165) is 22.7 Å². The minimum atomic E-state index is 0.121. The first-order chi connectivity index (χ1) is 10.0. The van der Waals surface area contributed by atoms with Crippen molar-refractivity contribution in [2.45, 2.75) is 26.8 Å². The minimum Gasteiger partial charge on any atom is -0.497 e. The van der Waals surface area contributed by atoms with Gasteiger partial charge in [-0.15, -0.1) is 0 Å². The average Bonchev–Trinajstić information content (AvgIpc) is 2.50. The van der Waals surface area contributed by atoms with Gasteiger partial charge in [0.25, 0.3) is 0 Å². The lowest BCUT2D eigenvalue weighted by molar-refractivity contribution is 0.397. The van der Waals surface area contributed by atoms with Gasteiger partial charge in [-0.3, -0.25) is 0 Å². The van der Waals surface area contributed by atoms with Crippen LogP contribution in [0, 0.1) is 13.8 Å². The molecular weight excluding hydrogens is 262 g/mol. The summed E-state index contributed by atoms with van der Waals surface area (Å²) in [6.07, 6.45) is 0. The number of aryl methyl sites for hydroxylation is 2. The van der Waals surface area contributed by atoms with Crippen molar-refractivity contribution in [1.29, 1.82) is 0 Å². The molecule has 0 fully saturated rings. The first-order valence-corrected chi connectivity index (χ1v) is 7.11. The van der Waals surface area contributed by atoms with Crippen LogP contribution in [-0.2, 0) is 0 Å². The highest BCUT2D eigenvalue weighted by atomic mass is 16.5. The molecule has 0 amide bonds. The number of ether oxygens (including phenoxy) is 2. The Morgan fingerprint density at radius 3 is 2.38 bits per heavy atom. The molecule has 0 aromatic heterocycles. The van der Waals surface area contributed by atoms with Crippen molar-refractivity contribution >= 4 is 5.69 Å². The van der Waals surface area contributed by atoms with Gasteiger partial charge < -0.3 is 14.8 Å². The standard InChI is InChI=1S/C18H23NO2/c1-12-6-7-13(2)17(10-12)19-14(3)16-11-15(20-4)8-9-18(16)21-5/h6-11,14,19H,1-5H3. The molecule has 0 heterocycles. The van der Waals surface area contributed by atoms with E-state index in [1.165, 1.54) is 11.1 Å². The predicted molar refractivity (Wildman–Crippen MR) is 87.5 cm³/mol. The van der Waals surface area contributed by atoms with Gasteiger partial charge in [-0.1, -0.05) is 12.1 Å². The molecule has 0 aliphatic heterocycles. The number of rotatable bonds is 5. The molecule has 0 bridgehead atoms. The monoisotopic (exact) mass is 285 g/mol. The van der Waals surface area contributed by atoms with E-state index in [-0.39, 0.29) is 6.04 Å². The lowest BCUT2D eigenvalue weighted by Gasteiger charge is -2.20. The molecule has 1 unspecified atom stereocenters. The average molecular weight is 285 g/mol. The van der Waals surface area contributed by atoms with Gasteiger partial charge in [0.1, 0.15) is 11.5 Å². The molecule has 2 aromatic carbocycles. The summed E-state index contributed by atoms with van der Waals surface area (Å²) in [6.45, 7) is 6.33. The number of nitrogens with one attached hydrogen (secondary N) is 1. The Labute approximate surface area is 126 Å². The third-order valence-corrected chi connectivity index (χ3v) is 3.67. The summed E-state index contributed by atoms with van der Waals surface area (Å²) in [5.41, 5.74) is 4.70. The van der Waals surface area contributed by atoms with Crippen molar-refractivity contribution < 1.29 is 9.47 Å². The van der Waals surface area contributed by atoms with Gasteiger partial charge in [0, 0.05) is 11.3 Å². The zero-order chi connectivity index (χ0) is 15.4. The Morgan fingerprint density at radius 2 is 1.71 bits per heavy atom. The molecule has 1 N–H and O–H groups in total. The maximum Gasteiger partial charge on any atom is 0.124 e. The molecular formula is C18H23NO2. The smallest absolute Gasteiger partial charge is 0.124 e. The lowest BCUT2D eigenvalue weighted by Crippen LogP contribution is -2.09. The summed E-state index contributed by atoms with van der Waals surface area (Å²) in [6, 6.07) is 12.4. The molecule has 0 aliphatic rings. The van der Waals surface area contributed by atoms with E-state index in [0.29, 0.717) is 0 Å².